The van der Waals surface area contributed by atoms with Gasteiger partial charge in [0.1, 0.15) is 6.29 Å². The van der Waals surface area contributed by atoms with Crippen LogP contribution in [0.4, 0.5) is 0 Å². The maximum atomic E-state index is 10.1. The van der Waals surface area contributed by atoms with Gasteiger partial charge >= 0.3 is 0 Å². The zero-order valence-corrected chi connectivity index (χ0v) is 8.40. The number of hydrogen-bond donors (Lipinski definition) is 0. The van der Waals surface area contributed by atoms with Gasteiger partial charge < -0.3 is 4.79 Å². The molecule has 1 heterocycles. The third-order valence-corrected chi connectivity index (χ3v) is 2.17. The molecule has 0 bridgehead atoms. The average molecular weight is 198 g/mol. The topological polar surface area (TPSA) is 34.9 Å². The molecule has 0 aliphatic heterocycles. The molecule has 2 aromatic rings. The number of aldehydes is 1. The average Bonchev–Trinajstić information content (AvgIpc) is 2.61. The molecule has 0 radical (unpaired) electrons. The molecule has 15 heavy (non-hydrogen) atoms. The van der Waals surface area contributed by atoms with Crippen molar-refractivity contribution in [2.45, 2.75) is 6.42 Å². The van der Waals surface area contributed by atoms with Crippen molar-refractivity contribution in [2.75, 3.05) is 0 Å². The van der Waals surface area contributed by atoms with E-state index >= 15 is 0 Å². The van der Waals surface area contributed by atoms with E-state index < -0.39 is 0 Å². The molecule has 1 aromatic heterocycles. The molecule has 0 saturated carbocycles. The van der Waals surface area contributed by atoms with Crippen molar-refractivity contribution in [3.05, 3.63) is 30.0 Å². The quantitative estimate of drug-likeness (QED) is 0.514. The van der Waals surface area contributed by atoms with Crippen LogP contribution in [0.25, 0.3) is 10.9 Å². The van der Waals surface area contributed by atoms with Crippen LogP contribution in [-0.2, 0) is 11.8 Å². The van der Waals surface area contributed by atoms with Crippen LogP contribution >= 0.6 is 0 Å². The molecule has 2 rings (SSSR count). The maximum absolute atomic E-state index is 10.1. The van der Waals surface area contributed by atoms with Gasteiger partial charge in [0.25, 0.3) is 0 Å². The van der Waals surface area contributed by atoms with Crippen molar-refractivity contribution in [2.24, 2.45) is 7.05 Å². The Balaban J connectivity index is 2.42. The molecule has 0 fully saturated rings. The van der Waals surface area contributed by atoms with Crippen LogP contribution in [0.2, 0.25) is 0 Å². The minimum absolute atomic E-state index is 0.281. The second-order valence-corrected chi connectivity index (χ2v) is 3.21. The van der Waals surface area contributed by atoms with E-state index in [9.17, 15) is 4.79 Å². The summed E-state index contributed by atoms with van der Waals surface area (Å²) in [6.07, 6.45) is 2.90. The molecule has 0 spiro atoms. The van der Waals surface area contributed by atoms with Crippen molar-refractivity contribution < 1.29 is 4.79 Å². The van der Waals surface area contributed by atoms with Crippen LogP contribution in [0.15, 0.2) is 24.4 Å². The van der Waals surface area contributed by atoms with E-state index in [1.54, 1.807) is 4.68 Å². The number of rotatable bonds is 1. The summed E-state index contributed by atoms with van der Waals surface area (Å²) >= 11 is 0. The van der Waals surface area contributed by atoms with Gasteiger partial charge in [-0.2, -0.15) is 5.10 Å². The van der Waals surface area contributed by atoms with Crippen molar-refractivity contribution in [3.8, 4) is 11.8 Å². The largest absolute Gasteiger partial charge is 0.302 e. The molecule has 0 unspecified atom stereocenters. The fourth-order valence-electron chi connectivity index (χ4n) is 1.42. The predicted octanol–water partition coefficient (Wildman–Crippen LogP) is 1.51. The Bertz CT molecular complexity index is 558. The standard InChI is InChI=1S/C12H10N2O/c1-14-12-8-10(4-2-3-7-15)5-6-11(12)9-13-14/h5-9H,3H2,1H3. The summed E-state index contributed by atoms with van der Waals surface area (Å²) in [5.41, 5.74) is 1.96. The van der Waals surface area contributed by atoms with Gasteiger partial charge in [0.05, 0.1) is 18.1 Å². The Kier molecular flexibility index (Phi) is 2.51. The van der Waals surface area contributed by atoms with Gasteiger partial charge in [-0.05, 0) is 18.2 Å². The Morgan fingerprint density at radius 3 is 3.20 bits per heavy atom. The van der Waals surface area contributed by atoms with E-state index in [0.717, 1.165) is 22.8 Å². The SMILES string of the molecule is Cn1ncc2ccc(C#CCC=O)cc21. The Labute approximate surface area is 87.7 Å². The number of nitrogens with zero attached hydrogens (tertiary/aromatic N) is 2. The predicted molar refractivity (Wildman–Crippen MR) is 58.3 cm³/mol. The molecule has 0 aliphatic rings. The first-order chi connectivity index (χ1) is 7.31. The molecular weight excluding hydrogens is 188 g/mol. The Morgan fingerprint density at radius 1 is 1.53 bits per heavy atom. The van der Waals surface area contributed by atoms with Gasteiger partial charge in [-0.3, -0.25) is 4.68 Å². The fraction of sp³-hybridized carbons (Fsp3) is 0.167. The maximum Gasteiger partial charge on any atom is 0.131 e. The van der Waals surface area contributed by atoms with Crippen molar-refractivity contribution >= 4 is 17.2 Å². The third-order valence-electron chi connectivity index (χ3n) is 2.17. The van der Waals surface area contributed by atoms with E-state index in [1.165, 1.54) is 0 Å². The lowest BCUT2D eigenvalue weighted by molar-refractivity contribution is -0.107. The molecule has 3 heteroatoms. The third kappa shape index (κ3) is 1.89. The summed E-state index contributed by atoms with van der Waals surface area (Å²) in [6, 6.07) is 5.88. The van der Waals surface area contributed by atoms with Crippen molar-refractivity contribution in [1.82, 2.24) is 9.78 Å². The van der Waals surface area contributed by atoms with E-state index in [0.29, 0.717) is 0 Å². The van der Waals surface area contributed by atoms with Gasteiger partial charge in [0, 0.05) is 18.0 Å². The number of hydrogen-bond acceptors (Lipinski definition) is 2. The number of fused-ring (bicyclic) bond motifs is 1. The van der Waals surface area contributed by atoms with Crippen LogP contribution in [0.5, 0.6) is 0 Å². The summed E-state index contributed by atoms with van der Waals surface area (Å²) in [4.78, 5) is 10.1. The van der Waals surface area contributed by atoms with E-state index in [2.05, 4.69) is 16.9 Å². The van der Waals surface area contributed by atoms with Gasteiger partial charge in [-0.25, -0.2) is 0 Å². The monoisotopic (exact) mass is 198 g/mol. The van der Waals surface area contributed by atoms with E-state index in [1.807, 2.05) is 31.4 Å². The molecule has 0 N–H and O–H groups in total. The molecule has 74 valence electrons. The Hall–Kier alpha value is -2.08. The minimum Gasteiger partial charge on any atom is -0.302 e. The first-order valence-electron chi connectivity index (χ1n) is 4.65. The van der Waals surface area contributed by atoms with Gasteiger partial charge in [0.15, 0.2) is 0 Å². The second kappa shape index (κ2) is 3.97. The van der Waals surface area contributed by atoms with Crippen LogP contribution in [0, 0.1) is 11.8 Å². The highest BCUT2D eigenvalue weighted by molar-refractivity contribution is 5.80. The lowest BCUT2D eigenvalue weighted by Crippen LogP contribution is -1.88. The fourth-order valence-corrected chi connectivity index (χ4v) is 1.42. The van der Waals surface area contributed by atoms with Crippen LogP contribution in [0.1, 0.15) is 12.0 Å². The smallest absolute Gasteiger partial charge is 0.131 e. The number of aromatic nitrogens is 2. The highest BCUT2D eigenvalue weighted by atomic mass is 16.1. The highest BCUT2D eigenvalue weighted by Gasteiger charge is 1.98. The van der Waals surface area contributed by atoms with Crippen LogP contribution < -0.4 is 0 Å². The lowest BCUT2D eigenvalue weighted by atomic mass is 10.1. The highest BCUT2D eigenvalue weighted by Crippen LogP contribution is 2.13. The first-order valence-corrected chi connectivity index (χ1v) is 4.65. The van der Waals surface area contributed by atoms with Crippen molar-refractivity contribution in [3.63, 3.8) is 0 Å². The summed E-state index contributed by atoms with van der Waals surface area (Å²) in [7, 11) is 1.89. The molecule has 0 atom stereocenters. The molecule has 3 nitrogen and oxygen atoms in total. The Morgan fingerprint density at radius 2 is 2.40 bits per heavy atom. The first kappa shape index (κ1) is 9.47. The van der Waals surface area contributed by atoms with Gasteiger partial charge in [0.2, 0.25) is 0 Å². The molecule has 0 aliphatic carbocycles. The summed E-state index contributed by atoms with van der Waals surface area (Å²) in [5, 5.41) is 5.24. The number of carbonyl (C=O) groups is 1. The van der Waals surface area contributed by atoms with Crippen LogP contribution in [0.3, 0.4) is 0 Å². The zero-order chi connectivity index (χ0) is 10.7. The summed E-state index contributed by atoms with van der Waals surface area (Å²) in [6.45, 7) is 0. The number of carbonyl (C=O) groups excluding carboxylic acids is 1. The van der Waals surface area contributed by atoms with Crippen LogP contribution in [-0.4, -0.2) is 16.1 Å². The number of aryl methyl sites for hydroxylation is 1. The van der Waals surface area contributed by atoms with Gasteiger partial charge in [-0.1, -0.05) is 11.8 Å². The van der Waals surface area contributed by atoms with Gasteiger partial charge in [-0.15, -0.1) is 0 Å². The molecule has 1 aromatic carbocycles. The van der Waals surface area contributed by atoms with Crippen molar-refractivity contribution in [1.29, 1.82) is 0 Å². The minimum atomic E-state index is 0.281. The number of benzene rings is 1. The summed E-state index contributed by atoms with van der Waals surface area (Å²) < 4.78 is 1.81. The molecular formula is C12H10N2O. The molecule has 0 saturated heterocycles. The van der Waals surface area contributed by atoms with E-state index in [-0.39, 0.29) is 6.42 Å². The summed E-state index contributed by atoms with van der Waals surface area (Å²) in [5.74, 6) is 5.71. The normalized spacial score (nSPS) is 9.67. The lowest BCUT2D eigenvalue weighted by Gasteiger charge is -1.94. The van der Waals surface area contributed by atoms with E-state index in [4.69, 9.17) is 0 Å². The second-order valence-electron chi connectivity index (χ2n) is 3.21. The molecule has 0 amide bonds. The zero-order valence-electron chi connectivity index (χ0n) is 8.40.